The number of nitrogens with zero attached hydrogens (tertiary/aromatic N) is 5. The zero-order valence-electron chi connectivity index (χ0n) is 12.5. The van der Waals surface area contributed by atoms with Crippen molar-refractivity contribution in [3.63, 3.8) is 0 Å². The van der Waals surface area contributed by atoms with Crippen molar-refractivity contribution in [1.29, 1.82) is 0 Å². The first-order valence-electron chi connectivity index (χ1n) is 7.18. The average Bonchev–Trinajstić information content (AvgIpc) is 3.05. The van der Waals surface area contributed by atoms with Gasteiger partial charge in [-0.15, -0.1) is 0 Å². The second kappa shape index (κ2) is 6.60. The van der Waals surface area contributed by atoms with Crippen LogP contribution in [-0.4, -0.2) is 24.7 Å². The van der Waals surface area contributed by atoms with Gasteiger partial charge in [0.25, 0.3) is 0 Å². The van der Waals surface area contributed by atoms with Crippen LogP contribution in [0, 0.1) is 11.6 Å². The van der Waals surface area contributed by atoms with Crippen LogP contribution >= 0.6 is 0 Å². The van der Waals surface area contributed by atoms with Crippen molar-refractivity contribution in [2.75, 3.05) is 0 Å². The van der Waals surface area contributed by atoms with E-state index in [2.05, 4.69) is 20.1 Å². The maximum Gasteiger partial charge on any atom is 0.137 e. The molecule has 3 aromatic rings. The first-order valence-corrected chi connectivity index (χ1v) is 7.18. The van der Waals surface area contributed by atoms with E-state index in [4.69, 9.17) is 0 Å². The van der Waals surface area contributed by atoms with Gasteiger partial charge in [0, 0.05) is 29.8 Å². The Kier molecular flexibility index (Phi) is 4.36. The summed E-state index contributed by atoms with van der Waals surface area (Å²) in [5, 5.41) is 4.09. The highest BCUT2D eigenvalue weighted by Gasteiger charge is 2.24. The largest absolute Gasteiger partial charge is 0.252 e. The van der Waals surface area contributed by atoms with Crippen molar-refractivity contribution < 1.29 is 8.78 Å². The van der Waals surface area contributed by atoms with Crippen LogP contribution in [0.1, 0.15) is 30.0 Å². The monoisotopic (exact) mass is 315 g/mol. The maximum absolute atomic E-state index is 13.6. The summed E-state index contributed by atoms with van der Waals surface area (Å²) in [5.74, 6) is -1.49. The number of hydrogen-bond donors (Lipinski definition) is 0. The van der Waals surface area contributed by atoms with E-state index >= 15 is 0 Å². The average molecular weight is 315 g/mol. The number of halogens is 2. The van der Waals surface area contributed by atoms with Gasteiger partial charge in [0.1, 0.15) is 30.6 Å². The minimum Gasteiger partial charge on any atom is -0.252 e. The van der Waals surface area contributed by atoms with Gasteiger partial charge in [-0.2, -0.15) is 5.10 Å². The molecule has 0 spiro atoms. The fourth-order valence-electron chi connectivity index (χ4n) is 2.65. The summed E-state index contributed by atoms with van der Waals surface area (Å²) in [6.07, 6.45) is 6.12. The van der Waals surface area contributed by atoms with Gasteiger partial charge in [-0.05, 0) is 23.8 Å². The van der Waals surface area contributed by atoms with Crippen LogP contribution in [0.25, 0.3) is 0 Å². The molecule has 2 atom stereocenters. The van der Waals surface area contributed by atoms with Crippen molar-refractivity contribution in [2.45, 2.75) is 25.3 Å². The second-order valence-electron chi connectivity index (χ2n) is 5.35. The highest BCUT2D eigenvalue weighted by atomic mass is 19.1. The molecule has 2 heterocycles. The highest BCUT2D eigenvalue weighted by molar-refractivity contribution is 5.26. The lowest BCUT2D eigenvalue weighted by molar-refractivity contribution is 0.450. The van der Waals surface area contributed by atoms with Crippen molar-refractivity contribution >= 4 is 0 Å². The van der Waals surface area contributed by atoms with Crippen LogP contribution in [-0.2, 0) is 6.54 Å². The number of benzene rings is 1. The predicted molar refractivity (Wildman–Crippen MR) is 79.6 cm³/mol. The highest BCUT2D eigenvalue weighted by Crippen LogP contribution is 2.33. The van der Waals surface area contributed by atoms with E-state index in [9.17, 15) is 8.78 Å². The van der Waals surface area contributed by atoms with E-state index in [0.717, 1.165) is 11.8 Å². The van der Waals surface area contributed by atoms with E-state index in [-0.39, 0.29) is 11.8 Å². The van der Waals surface area contributed by atoms with Crippen LogP contribution in [0.15, 0.2) is 49.4 Å². The Labute approximate surface area is 132 Å². The summed E-state index contributed by atoms with van der Waals surface area (Å²) in [6, 6.07) is 5.37. The molecule has 118 valence electrons. The van der Waals surface area contributed by atoms with Crippen LogP contribution < -0.4 is 0 Å². The lowest BCUT2D eigenvalue weighted by atomic mass is 9.85. The molecule has 0 saturated heterocycles. The van der Waals surface area contributed by atoms with E-state index in [1.54, 1.807) is 23.3 Å². The smallest absolute Gasteiger partial charge is 0.137 e. The molecule has 2 aromatic heterocycles. The summed E-state index contributed by atoms with van der Waals surface area (Å²) in [5.41, 5.74) is 1.36. The Balaban J connectivity index is 1.99. The van der Waals surface area contributed by atoms with E-state index in [1.807, 2.05) is 6.92 Å². The van der Waals surface area contributed by atoms with Crippen LogP contribution in [0.4, 0.5) is 8.78 Å². The predicted octanol–water partition coefficient (Wildman–Crippen LogP) is 2.93. The van der Waals surface area contributed by atoms with E-state index < -0.39 is 11.6 Å². The molecule has 0 aliphatic carbocycles. The molecule has 7 heteroatoms. The lowest BCUT2D eigenvalue weighted by Gasteiger charge is -2.24. The molecule has 2 unspecified atom stereocenters. The van der Waals surface area contributed by atoms with Crippen LogP contribution in [0.5, 0.6) is 0 Å². The van der Waals surface area contributed by atoms with Crippen molar-refractivity contribution in [2.24, 2.45) is 0 Å². The van der Waals surface area contributed by atoms with Gasteiger partial charge in [0.15, 0.2) is 0 Å². The standard InChI is InChI=1S/C16H15F2N5/c1-11(16-2-3-19-8-21-16)15(7-23-10-20-9-22-23)12-4-13(17)6-14(18)5-12/h2-6,8-11,15H,7H2,1H3. The number of aromatic nitrogens is 5. The molecule has 0 aliphatic rings. The number of hydrogen-bond acceptors (Lipinski definition) is 4. The Morgan fingerprint density at radius 2 is 1.87 bits per heavy atom. The van der Waals surface area contributed by atoms with Gasteiger partial charge in [-0.1, -0.05) is 6.92 Å². The Bertz CT molecular complexity index is 741. The minimum atomic E-state index is -0.599. The van der Waals surface area contributed by atoms with Gasteiger partial charge >= 0.3 is 0 Å². The first-order chi connectivity index (χ1) is 11.1. The van der Waals surface area contributed by atoms with E-state index in [1.165, 1.54) is 24.8 Å². The summed E-state index contributed by atoms with van der Waals surface area (Å²) in [4.78, 5) is 12.1. The third-order valence-electron chi connectivity index (χ3n) is 3.84. The first kappa shape index (κ1) is 15.2. The van der Waals surface area contributed by atoms with Crippen molar-refractivity contribution in [3.8, 4) is 0 Å². The molecule has 0 bridgehead atoms. The number of rotatable bonds is 5. The molecule has 0 N–H and O–H groups in total. The zero-order valence-corrected chi connectivity index (χ0v) is 12.5. The fraction of sp³-hybridized carbons (Fsp3) is 0.250. The molecule has 0 saturated carbocycles. The molecular formula is C16H15F2N5. The van der Waals surface area contributed by atoms with Gasteiger partial charge in [-0.3, -0.25) is 4.68 Å². The fourth-order valence-corrected chi connectivity index (χ4v) is 2.65. The summed E-state index contributed by atoms with van der Waals surface area (Å²) in [7, 11) is 0. The second-order valence-corrected chi connectivity index (χ2v) is 5.35. The molecule has 0 fully saturated rings. The van der Waals surface area contributed by atoms with Crippen molar-refractivity contribution in [3.05, 3.63) is 72.3 Å². The molecular weight excluding hydrogens is 300 g/mol. The maximum atomic E-state index is 13.6. The van der Waals surface area contributed by atoms with Gasteiger partial charge in [0.2, 0.25) is 0 Å². The van der Waals surface area contributed by atoms with E-state index in [0.29, 0.717) is 12.1 Å². The molecule has 23 heavy (non-hydrogen) atoms. The Hall–Kier alpha value is -2.70. The van der Waals surface area contributed by atoms with Gasteiger partial charge in [-0.25, -0.2) is 23.7 Å². The van der Waals surface area contributed by atoms with Crippen LogP contribution in [0.3, 0.4) is 0 Å². The molecule has 3 rings (SSSR count). The molecule has 0 aliphatic heterocycles. The molecule has 5 nitrogen and oxygen atoms in total. The summed E-state index contributed by atoms with van der Waals surface area (Å²) in [6.45, 7) is 2.40. The summed E-state index contributed by atoms with van der Waals surface area (Å²) >= 11 is 0. The topological polar surface area (TPSA) is 56.5 Å². The third kappa shape index (κ3) is 3.56. The molecule has 0 radical (unpaired) electrons. The van der Waals surface area contributed by atoms with Crippen LogP contribution in [0.2, 0.25) is 0 Å². The lowest BCUT2D eigenvalue weighted by Crippen LogP contribution is -2.17. The Morgan fingerprint density at radius 3 is 2.48 bits per heavy atom. The van der Waals surface area contributed by atoms with Crippen molar-refractivity contribution in [1.82, 2.24) is 24.7 Å². The molecule has 0 amide bonds. The van der Waals surface area contributed by atoms with Gasteiger partial charge < -0.3 is 0 Å². The normalized spacial score (nSPS) is 13.7. The zero-order chi connectivity index (χ0) is 16.2. The quantitative estimate of drug-likeness (QED) is 0.726. The third-order valence-corrected chi connectivity index (χ3v) is 3.84. The Morgan fingerprint density at radius 1 is 1.09 bits per heavy atom. The minimum absolute atomic E-state index is 0.0802. The SMILES string of the molecule is CC(c1ccncn1)C(Cn1cncn1)c1cc(F)cc(F)c1. The van der Waals surface area contributed by atoms with Gasteiger partial charge in [0.05, 0.1) is 6.54 Å². The molecule has 1 aromatic carbocycles. The summed E-state index contributed by atoms with van der Waals surface area (Å²) < 4.78 is 28.9.